The molecular formula is C32H12F10N4O2Zn. The summed E-state index contributed by atoms with van der Waals surface area (Å²) in [4.78, 5) is 36.8. The van der Waals surface area contributed by atoms with Crippen LogP contribution in [0.4, 0.5) is 43.9 Å². The Morgan fingerprint density at radius 2 is 0.796 bits per heavy atom. The third-order valence-electron chi connectivity index (χ3n) is 6.62. The van der Waals surface area contributed by atoms with Crippen LogP contribution < -0.4 is 9.97 Å². The molecule has 4 heterocycles. The number of rotatable bonds is 6. The second kappa shape index (κ2) is 14.8. The predicted octanol–water partition coefficient (Wildman–Crippen LogP) is 7.10. The van der Waals surface area contributed by atoms with Gasteiger partial charge in [-0.05, 0) is 35.5 Å². The van der Waals surface area contributed by atoms with E-state index in [1.807, 2.05) is 0 Å². The fourth-order valence-corrected chi connectivity index (χ4v) is 4.49. The zero-order valence-corrected chi connectivity index (χ0v) is 27.0. The summed E-state index contributed by atoms with van der Waals surface area (Å²) in [6, 6.07) is 4.95. The van der Waals surface area contributed by atoms with Gasteiger partial charge in [-0.15, -0.1) is 11.4 Å². The number of hydrogen-bond donors (Lipinski definition) is 0. The van der Waals surface area contributed by atoms with Crippen LogP contribution in [0.2, 0.25) is 0 Å². The number of carbonyl (C=O) groups is 2. The van der Waals surface area contributed by atoms with Crippen molar-refractivity contribution in [1.82, 2.24) is 9.97 Å². The van der Waals surface area contributed by atoms with Gasteiger partial charge in [0.05, 0.1) is 22.5 Å². The summed E-state index contributed by atoms with van der Waals surface area (Å²) >= 11 is 0. The predicted molar refractivity (Wildman–Crippen MR) is 150 cm³/mol. The molecule has 0 spiro atoms. The Morgan fingerprint density at radius 3 is 1.04 bits per heavy atom. The average molecular weight is 740 g/mol. The van der Waals surface area contributed by atoms with Gasteiger partial charge in [0, 0.05) is 12.4 Å². The number of aldehydes is 2. The molecule has 0 amide bonds. The van der Waals surface area contributed by atoms with E-state index in [1.165, 1.54) is 61.0 Å². The molecule has 0 aliphatic carbocycles. The van der Waals surface area contributed by atoms with Crippen molar-refractivity contribution in [3.05, 3.63) is 152 Å². The number of benzene rings is 2. The Bertz CT molecular complexity index is 1960. The molecule has 6 nitrogen and oxygen atoms in total. The first-order valence-electron chi connectivity index (χ1n) is 13.0. The standard InChI is InChI=1S/2C16H7F5N2O.Zn/c2*17-12-11(13(18)15(20)16(21)14(12)19)10(8-2-1-5-22-8)9-4-3-7(6-24)23-9;/h2*1-6H,(H,22,23,24);/q;;+2/p-2. The Morgan fingerprint density at radius 1 is 0.490 bits per heavy atom. The molecule has 0 saturated carbocycles. The van der Waals surface area contributed by atoms with Gasteiger partial charge in [0.2, 0.25) is 11.6 Å². The number of aromatic nitrogens is 2. The molecule has 0 radical (unpaired) electrons. The van der Waals surface area contributed by atoms with Gasteiger partial charge in [0.25, 0.3) is 0 Å². The van der Waals surface area contributed by atoms with Gasteiger partial charge in [0.15, 0.2) is 46.5 Å². The molecule has 6 rings (SSSR count). The molecule has 244 valence electrons. The Labute approximate surface area is 280 Å². The third kappa shape index (κ3) is 6.66. The van der Waals surface area contributed by atoms with E-state index >= 15 is 0 Å². The number of aliphatic imine (C=N–C) groups is 2. The first-order valence-corrected chi connectivity index (χ1v) is 13.0. The molecule has 2 aliphatic rings. The largest absolute Gasteiger partial charge is 2.00 e. The maximum absolute atomic E-state index is 14.2. The fourth-order valence-electron chi connectivity index (χ4n) is 4.49. The minimum Gasteiger partial charge on any atom is -0.655 e. The van der Waals surface area contributed by atoms with E-state index in [0.29, 0.717) is 12.6 Å². The zero-order chi connectivity index (χ0) is 34.9. The van der Waals surface area contributed by atoms with E-state index in [-0.39, 0.29) is 53.6 Å². The smallest absolute Gasteiger partial charge is 0.655 e. The summed E-state index contributed by atoms with van der Waals surface area (Å²) in [5, 5.41) is 0. The fraction of sp³-hybridized carbons (Fsp3) is 0. The molecule has 2 aromatic heterocycles. The SMILES string of the molecule is O=Cc1ccc(/C(=C2/C=CC=N2)c2c(F)c(F)c(F)c(F)c2F)[n-]1.O=Cc1ccc(/C(=C2/C=CC=N2)c2c(F)c(F)c(F)c(F)c2F)[n-]1.[Zn+2]. The topological polar surface area (TPSA) is 87.1 Å². The monoisotopic (exact) mass is 738 g/mol. The molecule has 0 N–H and O–H groups in total. The van der Waals surface area contributed by atoms with Crippen LogP contribution in [0.1, 0.15) is 43.5 Å². The normalized spacial score (nSPS) is 14.9. The summed E-state index contributed by atoms with van der Waals surface area (Å²) in [7, 11) is 0. The van der Waals surface area contributed by atoms with Crippen molar-refractivity contribution in [3.8, 4) is 0 Å². The summed E-state index contributed by atoms with van der Waals surface area (Å²) in [6.45, 7) is 0. The Balaban J connectivity index is 0.000000216. The molecule has 2 aromatic carbocycles. The van der Waals surface area contributed by atoms with Crippen LogP contribution in [0, 0.1) is 58.2 Å². The summed E-state index contributed by atoms with van der Waals surface area (Å²) < 4.78 is 137. The number of hydrogen-bond acceptors (Lipinski definition) is 4. The van der Waals surface area contributed by atoms with Gasteiger partial charge in [-0.25, -0.2) is 43.9 Å². The molecule has 0 atom stereocenters. The van der Waals surface area contributed by atoms with E-state index in [9.17, 15) is 53.5 Å². The second-order valence-corrected chi connectivity index (χ2v) is 9.43. The van der Waals surface area contributed by atoms with Crippen LogP contribution in [0.25, 0.3) is 11.1 Å². The summed E-state index contributed by atoms with van der Waals surface area (Å²) in [5.74, 6) is -20.8. The maximum Gasteiger partial charge on any atom is 2.00 e. The molecule has 0 bridgehead atoms. The van der Waals surface area contributed by atoms with Crippen molar-refractivity contribution >= 4 is 36.1 Å². The number of nitrogens with zero attached hydrogens (tertiary/aromatic N) is 4. The van der Waals surface area contributed by atoms with Crippen LogP contribution in [0.5, 0.6) is 0 Å². The van der Waals surface area contributed by atoms with E-state index in [0.717, 1.165) is 0 Å². The van der Waals surface area contributed by atoms with Crippen molar-refractivity contribution in [3.63, 3.8) is 0 Å². The molecule has 0 unspecified atom stereocenters. The number of halogens is 10. The van der Waals surface area contributed by atoms with Crippen molar-refractivity contribution in [2.75, 3.05) is 0 Å². The Hall–Kier alpha value is -5.44. The molecule has 4 aromatic rings. The molecule has 0 fully saturated rings. The van der Waals surface area contributed by atoms with Crippen molar-refractivity contribution in [2.45, 2.75) is 0 Å². The summed E-state index contributed by atoms with van der Waals surface area (Å²) in [5.41, 5.74) is -3.60. The van der Waals surface area contributed by atoms with Crippen LogP contribution in [0.15, 0.2) is 69.9 Å². The van der Waals surface area contributed by atoms with E-state index in [4.69, 9.17) is 0 Å². The van der Waals surface area contributed by atoms with Crippen LogP contribution in [-0.4, -0.2) is 25.0 Å². The van der Waals surface area contributed by atoms with Gasteiger partial charge in [-0.1, -0.05) is 35.7 Å². The molecule has 2 aliphatic heterocycles. The molecule has 49 heavy (non-hydrogen) atoms. The average Bonchev–Trinajstić information content (AvgIpc) is 3.93. The first-order chi connectivity index (χ1) is 22.9. The summed E-state index contributed by atoms with van der Waals surface area (Å²) in [6.07, 6.45) is 8.83. The van der Waals surface area contributed by atoms with Gasteiger partial charge < -0.3 is 9.97 Å². The van der Waals surface area contributed by atoms with Gasteiger partial charge in [0.1, 0.15) is 12.6 Å². The maximum atomic E-state index is 14.2. The third-order valence-corrected chi connectivity index (χ3v) is 6.62. The quantitative estimate of drug-likeness (QED) is 0.0695. The van der Waals surface area contributed by atoms with E-state index in [2.05, 4.69) is 20.0 Å². The van der Waals surface area contributed by atoms with Gasteiger partial charge >= 0.3 is 19.5 Å². The van der Waals surface area contributed by atoms with Crippen molar-refractivity contribution in [1.29, 1.82) is 0 Å². The van der Waals surface area contributed by atoms with E-state index in [1.54, 1.807) is 0 Å². The molecule has 17 heteroatoms. The first kappa shape index (κ1) is 36.4. The minimum atomic E-state index is -2.26. The van der Waals surface area contributed by atoms with Crippen molar-refractivity contribution in [2.24, 2.45) is 9.98 Å². The second-order valence-electron chi connectivity index (χ2n) is 9.43. The van der Waals surface area contributed by atoms with Crippen LogP contribution in [0.3, 0.4) is 0 Å². The van der Waals surface area contributed by atoms with Crippen LogP contribution >= 0.6 is 0 Å². The number of carbonyl (C=O) groups excluding carboxylic acids is 2. The van der Waals surface area contributed by atoms with E-state index < -0.39 is 80.4 Å². The molecule has 0 saturated heterocycles. The van der Waals surface area contributed by atoms with Gasteiger partial charge in [-0.2, -0.15) is 0 Å². The van der Waals surface area contributed by atoms with Crippen molar-refractivity contribution < 1.29 is 73.0 Å². The van der Waals surface area contributed by atoms with Crippen LogP contribution in [-0.2, 0) is 19.5 Å². The van der Waals surface area contributed by atoms with Gasteiger partial charge in [-0.3, -0.25) is 19.6 Å². The zero-order valence-electron chi connectivity index (χ0n) is 24.0. The Kier molecular flexibility index (Phi) is 11.0. The molecular weight excluding hydrogens is 728 g/mol. The minimum absolute atomic E-state index is 0. The number of allylic oxidation sites excluding steroid dienone is 4.